The molecule has 0 saturated carbocycles. The van der Waals surface area contributed by atoms with Gasteiger partial charge in [-0.1, -0.05) is 132 Å². The fourth-order valence-electron chi connectivity index (χ4n) is 5.22. The minimum absolute atomic E-state index is 1.20. The van der Waals surface area contributed by atoms with Crippen LogP contribution in [0.25, 0.3) is 32.7 Å². The molecule has 0 amide bonds. The van der Waals surface area contributed by atoms with Gasteiger partial charge in [0.2, 0.25) is 0 Å². The SMILES string of the molecule is c1ccc2c(C(=C3SC4=C(SCCS4)S3)C(=C3SC4=C(SCCS4)S3)c3cccc4ccccc34)cccc2c1. The van der Waals surface area contributed by atoms with Crippen LogP contribution in [0.4, 0.5) is 0 Å². The van der Waals surface area contributed by atoms with E-state index in [-0.39, 0.29) is 0 Å². The van der Waals surface area contributed by atoms with E-state index in [1.54, 1.807) is 0 Å². The lowest BCUT2D eigenvalue weighted by Crippen LogP contribution is -1.97. The summed E-state index contributed by atoms with van der Waals surface area (Å²) in [5.41, 5.74) is 5.46. The Hall–Kier alpha value is -0.840. The van der Waals surface area contributed by atoms with Crippen molar-refractivity contribution in [3.63, 3.8) is 0 Å². The Morgan fingerprint density at radius 3 is 1.15 bits per heavy atom. The summed E-state index contributed by atoms with van der Waals surface area (Å²) in [4.78, 5) is 0. The van der Waals surface area contributed by atoms with Crippen LogP contribution in [0.15, 0.2) is 110 Å². The molecule has 40 heavy (non-hydrogen) atoms. The first kappa shape index (κ1) is 26.8. The zero-order valence-electron chi connectivity index (χ0n) is 21.2. The Morgan fingerprint density at radius 1 is 0.400 bits per heavy atom. The lowest BCUT2D eigenvalue weighted by atomic mass is 9.89. The van der Waals surface area contributed by atoms with Crippen LogP contribution in [0.1, 0.15) is 11.1 Å². The number of hydrogen-bond acceptors (Lipinski definition) is 8. The van der Waals surface area contributed by atoms with Gasteiger partial charge in [-0.15, -0.1) is 47.0 Å². The summed E-state index contributed by atoms with van der Waals surface area (Å²) in [5, 5.41) is 5.24. The third-order valence-electron chi connectivity index (χ3n) is 6.95. The second kappa shape index (κ2) is 11.7. The molecule has 4 aromatic carbocycles. The lowest BCUT2D eigenvalue weighted by molar-refractivity contribution is 1.56. The van der Waals surface area contributed by atoms with Crippen molar-refractivity contribution < 1.29 is 0 Å². The van der Waals surface area contributed by atoms with Gasteiger partial charge in [0.15, 0.2) is 0 Å². The van der Waals surface area contributed by atoms with E-state index < -0.39 is 0 Å². The molecule has 4 heterocycles. The van der Waals surface area contributed by atoms with Gasteiger partial charge in [-0.25, -0.2) is 0 Å². The Labute approximate surface area is 268 Å². The average molecular weight is 663 g/mol. The molecule has 0 atom stereocenters. The van der Waals surface area contributed by atoms with E-state index in [4.69, 9.17) is 0 Å². The van der Waals surface area contributed by atoms with Crippen molar-refractivity contribution in [1.29, 1.82) is 0 Å². The van der Waals surface area contributed by atoms with Crippen LogP contribution in [-0.2, 0) is 0 Å². The molecule has 4 aromatic rings. The maximum atomic E-state index is 2.36. The molecule has 0 N–H and O–H groups in total. The van der Waals surface area contributed by atoms with Crippen LogP contribution in [0.5, 0.6) is 0 Å². The zero-order chi connectivity index (χ0) is 26.5. The maximum Gasteiger partial charge on any atom is 0.0660 e. The lowest BCUT2D eigenvalue weighted by Gasteiger charge is -2.21. The van der Waals surface area contributed by atoms with E-state index >= 15 is 0 Å². The highest BCUT2D eigenvalue weighted by atomic mass is 32.3. The second-order valence-electron chi connectivity index (χ2n) is 9.33. The second-order valence-corrected chi connectivity index (χ2v) is 19.4. The summed E-state index contributed by atoms with van der Waals surface area (Å²) >= 11 is 16.2. The molecule has 0 aliphatic carbocycles. The van der Waals surface area contributed by atoms with Crippen molar-refractivity contribution in [1.82, 2.24) is 0 Å². The number of rotatable bonds is 3. The topological polar surface area (TPSA) is 0 Å². The highest BCUT2D eigenvalue weighted by Crippen LogP contribution is 2.66. The molecule has 0 fully saturated rings. The standard InChI is InChI=1S/C32H22S8/c1-3-11-21-19(7-1)9-5-13-23(21)25(27-37-29-30(38-27)34-16-15-33-29)26(28-39-31-32(40-28)36-18-17-35-31)24-14-6-10-20-8-2-4-12-22(20)24/h1-14H,15-18H2. The van der Waals surface area contributed by atoms with Crippen LogP contribution in [0.3, 0.4) is 0 Å². The molecule has 0 bridgehead atoms. The van der Waals surface area contributed by atoms with Gasteiger partial charge in [0, 0.05) is 34.2 Å². The summed E-state index contributed by atoms with van der Waals surface area (Å²) in [7, 11) is 0. The summed E-state index contributed by atoms with van der Waals surface area (Å²) in [6.45, 7) is 0. The summed E-state index contributed by atoms with van der Waals surface area (Å²) < 4.78 is 8.81. The molecular formula is C32H22S8. The highest BCUT2D eigenvalue weighted by Gasteiger charge is 2.34. The van der Waals surface area contributed by atoms with E-state index in [1.807, 2.05) is 94.1 Å². The molecule has 0 aromatic heterocycles. The molecule has 8 heteroatoms. The minimum Gasteiger partial charge on any atom is -0.116 e. The number of fused-ring (bicyclic) bond motifs is 2. The van der Waals surface area contributed by atoms with Crippen LogP contribution in [0, 0.1) is 0 Å². The van der Waals surface area contributed by atoms with Crippen molar-refractivity contribution in [3.8, 4) is 0 Å². The van der Waals surface area contributed by atoms with Crippen molar-refractivity contribution in [3.05, 3.63) is 121 Å². The van der Waals surface area contributed by atoms with Crippen molar-refractivity contribution in [2.75, 3.05) is 23.0 Å². The summed E-state index contributed by atoms with van der Waals surface area (Å²) in [6, 6.07) is 31.5. The quantitative estimate of drug-likeness (QED) is 0.210. The molecule has 0 spiro atoms. The van der Waals surface area contributed by atoms with Crippen molar-refractivity contribution in [2.45, 2.75) is 0 Å². The van der Waals surface area contributed by atoms with Crippen molar-refractivity contribution in [2.24, 2.45) is 0 Å². The first-order valence-electron chi connectivity index (χ1n) is 13.0. The Balaban J connectivity index is 1.43. The largest absolute Gasteiger partial charge is 0.116 e. The Morgan fingerprint density at radius 2 is 0.750 bits per heavy atom. The van der Waals surface area contributed by atoms with Gasteiger partial charge in [-0.2, -0.15) is 0 Å². The van der Waals surface area contributed by atoms with E-state index in [2.05, 4.69) is 84.9 Å². The monoisotopic (exact) mass is 662 g/mol. The summed E-state index contributed by atoms with van der Waals surface area (Å²) in [5.74, 6) is 4.79. The molecule has 4 aliphatic rings. The Bertz CT molecular complexity index is 1630. The van der Waals surface area contributed by atoms with Crippen LogP contribution in [0.2, 0.25) is 0 Å². The van der Waals surface area contributed by atoms with Gasteiger partial charge in [-0.05, 0) is 32.7 Å². The number of benzene rings is 4. The van der Waals surface area contributed by atoms with Crippen molar-refractivity contribution >= 4 is 127 Å². The van der Waals surface area contributed by atoms with E-state index in [0.717, 1.165) is 0 Å². The molecule has 4 aliphatic heterocycles. The van der Waals surface area contributed by atoms with Crippen LogP contribution in [-0.4, -0.2) is 23.0 Å². The molecule has 0 radical (unpaired) electrons. The average Bonchev–Trinajstić information content (AvgIpc) is 3.64. The van der Waals surface area contributed by atoms with Gasteiger partial charge in [0.05, 0.1) is 25.4 Å². The third-order valence-corrected chi connectivity index (χ3v) is 18.5. The fraction of sp³-hybridized carbons (Fsp3) is 0.125. The van der Waals surface area contributed by atoms with Crippen LogP contribution >= 0.6 is 94.1 Å². The zero-order valence-corrected chi connectivity index (χ0v) is 27.7. The number of hydrogen-bond donors (Lipinski definition) is 0. The van der Waals surface area contributed by atoms with E-state index in [0.29, 0.717) is 0 Å². The van der Waals surface area contributed by atoms with Gasteiger partial charge >= 0.3 is 0 Å². The van der Waals surface area contributed by atoms with Gasteiger partial charge in [0.25, 0.3) is 0 Å². The molecule has 198 valence electrons. The third kappa shape index (κ3) is 4.94. The molecule has 0 nitrogen and oxygen atoms in total. The smallest absolute Gasteiger partial charge is 0.0660 e. The van der Waals surface area contributed by atoms with Crippen LogP contribution < -0.4 is 0 Å². The molecule has 8 rings (SSSR count). The predicted molar refractivity (Wildman–Crippen MR) is 196 cm³/mol. The fourth-order valence-corrected chi connectivity index (χ4v) is 17.4. The number of allylic oxidation sites excluding steroid dienone is 2. The van der Waals surface area contributed by atoms with Gasteiger partial charge in [0.1, 0.15) is 0 Å². The van der Waals surface area contributed by atoms with Gasteiger partial charge < -0.3 is 0 Å². The highest BCUT2D eigenvalue weighted by molar-refractivity contribution is 8.42. The predicted octanol–water partition coefficient (Wildman–Crippen LogP) is 12.2. The molecule has 0 saturated heterocycles. The summed E-state index contributed by atoms with van der Waals surface area (Å²) in [6.07, 6.45) is 0. The Kier molecular flexibility index (Phi) is 7.82. The minimum atomic E-state index is 1.20. The maximum absolute atomic E-state index is 2.36. The number of thioether (sulfide) groups is 8. The van der Waals surface area contributed by atoms with Gasteiger partial charge in [-0.3, -0.25) is 0 Å². The first-order chi connectivity index (χ1) is 19.8. The molecule has 0 unspecified atom stereocenters. The first-order valence-corrected chi connectivity index (χ1v) is 20.2. The molecular weight excluding hydrogens is 641 g/mol. The van der Waals surface area contributed by atoms with E-state index in [1.165, 1.54) is 92.3 Å². The van der Waals surface area contributed by atoms with E-state index in [9.17, 15) is 0 Å². The normalized spacial score (nSPS) is 19.0.